The fraction of sp³-hybridized carbons (Fsp3) is 0.923. The summed E-state index contributed by atoms with van der Waals surface area (Å²) in [5.41, 5.74) is 0. The molecular formula is C13H25NO2S. The predicted molar refractivity (Wildman–Crippen MR) is 73.6 cm³/mol. The van der Waals surface area contributed by atoms with E-state index in [0.29, 0.717) is 0 Å². The highest BCUT2D eigenvalue weighted by Crippen LogP contribution is 2.38. The van der Waals surface area contributed by atoms with Crippen molar-refractivity contribution in [2.75, 3.05) is 12.8 Å². The highest BCUT2D eigenvalue weighted by molar-refractivity contribution is 8.00. The Morgan fingerprint density at radius 2 is 1.94 bits per heavy atom. The lowest BCUT2D eigenvalue weighted by atomic mass is 9.87. The van der Waals surface area contributed by atoms with E-state index < -0.39 is 12.0 Å². The van der Waals surface area contributed by atoms with Crippen molar-refractivity contribution < 1.29 is 9.90 Å². The summed E-state index contributed by atoms with van der Waals surface area (Å²) < 4.78 is 0.265. The van der Waals surface area contributed by atoms with E-state index in [2.05, 4.69) is 11.6 Å². The zero-order valence-electron chi connectivity index (χ0n) is 11.2. The lowest BCUT2D eigenvalue weighted by Crippen LogP contribution is -2.48. The smallest absolute Gasteiger partial charge is 0.320 e. The zero-order valence-corrected chi connectivity index (χ0v) is 12.0. The van der Waals surface area contributed by atoms with Crippen LogP contribution in [0.2, 0.25) is 0 Å². The third kappa shape index (κ3) is 4.18. The Hall–Kier alpha value is -0.220. The zero-order chi connectivity index (χ0) is 12.9. The quantitative estimate of drug-likeness (QED) is 0.770. The molecule has 1 saturated carbocycles. The number of aliphatic carboxylic acids is 1. The minimum absolute atomic E-state index is 0.134. The van der Waals surface area contributed by atoms with Gasteiger partial charge in [-0.25, -0.2) is 0 Å². The van der Waals surface area contributed by atoms with E-state index in [1.54, 1.807) is 0 Å². The third-order valence-corrected chi connectivity index (χ3v) is 5.19. The van der Waals surface area contributed by atoms with E-state index in [0.717, 1.165) is 6.54 Å². The first-order chi connectivity index (χ1) is 8.01. The van der Waals surface area contributed by atoms with Crippen LogP contribution in [0.1, 0.15) is 46.0 Å². The van der Waals surface area contributed by atoms with Crippen molar-refractivity contribution in [3.8, 4) is 0 Å². The van der Waals surface area contributed by atoms with Gasteiger partial charge in [-0.2, -0.15) is 11.8 Å². The average Bonchev–Trinajstić information content (AvgIpc) is 2.29. The molecule has 0 bridgehead atoms. The molecule has 17 heavy (non-hydrogen) atoms. The second-order valence-electron chi connectivity index (χ2n) is 5.39. The summed E-state index contributed by atoms with van der Waals surface area (Å²) in [4.78, 5) is 11.1. The highest BCUT2D eigenvalue weighted by Gasteiger charge is 2.33. The molecule has 1 aliphatic rings. The molecule has 0 aromatic carbocycles. The number of hydrogen-bond donors (Lipinski definition) is 2. The maximum absolute atomic E-state index is 11.1. The first kappa shape index (κ1) is 14.8. The van der Waals surface area contributed by atoms with Gasteiger partial charge in [0.25, 0.3) is 0 Å². The Kier molecular flexibility index (Phi) is 5.80. The van der Waals surface area contributed by atoms with E-state index in [4.69, 9.17) is 5.11 Å². The first-order valence-corrected chi connectivity index (χ1v) is 7.74. The summed E-state index contributed by atoms with van der Waals surface area (Å²) in [5, 5.41) is 12.4. The second kappa shape index (κ2) is 6.64. The minimum atomic E-state index is -0.730. The number of hydrogen-bond acceptors (Lipinski definition) is 3. The Morgan fingerprint density at radius 1 is 1.35 bits per heavy atom. The van der Waals surface area contributed by atoms with Crippen molar-refractivity contribution in [2.24, 2.45) is 5.92 Å². The maximum Gasteiger partial charge on any atom is 0.320 e. The molecule has 0 amide bonds. The molecule has 1 rings (SSSR count). The van der Waals surface area contributed by atoms with Crippen molar-refractivity contribution in [3.05, 3.63) is 0 Å². The van der Waals surface area contributed by atoms with E-state index in [1.807, 2.05) is 25.6 Å². The number of carboxylic acids is 1. The molecule has 0 radical (unpaired) electrons. The maximum atomic E-state index is 11.1. The molecule has 4 heteroatoms. The fourth-order valence-corrected chi connectivity index (χ4v) is 3.48. The molecule has 2 N–H and O–H groups in total. The van der Waals surface area contributed by atoms with Gasteiger partial charge in [0, 0.05) is 11.3 Å². The number of rotatable bonds is 6. The lowest BCUT2D eigenvalue weighted by Gasteiger charge is -2.37. The Bertz CT molecular complexity index is 250. The topological polar surface area (TPSA) is 49.3 Å². The molecule has 3 nitrogen and oxygen atoms in total. The van der Waals surface area contributed by atoms with Crippen LogP contribution in [0.5, 0.6) is 0 Å². The van der Waals surface area contributed by atoms with Gasteiger partial charge in [-0.05, 0) is 25.0 Å². The molecule has 0 heterocycles. The van der Waals surface area contributed by atoms with E-state index in [-0.39, 0.29) is 10.7 Å². The summed E-state index contributed by atoms with van der Waals surface area (Å²) in [5.74, 6) is -0.595. The van der Waals surface area contributed by atoms with Crippen molar-refractivity contribution in [3.63, 3.8) is 0 Å². The molecule has 0 spiro atoms. The summed E-state index contributed by atoms with van der Waals surface area (Å²) in [6, 6.07) is -0.416. The molecule has 1 aliphatic carbocycles. The largest absolute Gasteiger partial charge is 0.480 e. The molecule has 1 atom stereocenters. The van der Waals surface area contributed by atoms with Crippen molar-refractivity contribution in [1.29, 1.82) is 0 Å². The predicted octanol–water partition coefficient (Wildman–Crippen LogP) is 2.75. The van der Waals surface area contributed by atoms with Crippen LogP contribution in [0.3, 0.4) is 0 Å². The van der Waals surface area contributed by atoms with Crippen molar-refractivity contribution in [1.82, 2.24) is 5.32 Å². The standard InChI is InChI=1S/C13H25NO2S/c1-10(2)11(12(15)16)14-9-13(17-3)7-5-4-6-8-13/h10-11,14H,4-9H2,1-3H3,(H,15,16). The first-order valence-electron chi connectivity index (χ1n) is 6.52. The van der Waals surface area contributed by atoms with Gasteiger partial charge in [-0.1, -0.05) is 33.1 Å². The van der Waals surface area contributed by atoms with Crippen LogP contribution >= 0.6 is 11.8 Å². The average molecular weight is 259 g/mol. The molecule has 1 fully saturated rings. The van der Waals surface area contributed by atoms with Crippen molar-refractivity contribution >= 4 is 17.7 Å². The van der Waals surface area contributed by atoms with Crippen molar-refractivity contribution in [2.45, 2.75) is 56.7 Å². The van der Waals surface area contributed by atoms with Gasteiger partial charge < -0.3 is 10.4 Å². The van der Waals surface area contributed by atoms with Crippen LogP contribution < -0.4 is 5.32 Å². The number of carboxylic acid groups (broad SMARTS) is 1. The molecule has 100 valence electrons. The normalized spacial score (nSPS) is 21.4. The van der Waals surface area contributed by atoms with Crippen LogP contribution in [-0.2, 0) is 4.79 Å². The Morgan fingerprint density at radius 3 is 2.35 bits per heavy atom. The Labute approximate surface area is 109 Å². The second-order valence-corrected chi connectivity index (χ2v) is 6.66. The molecule has 0 aromatic rings. The molecule has 0 aromatic heterocycles. The minimum Gasteiger partial charge on any atom is -0.480 e. The molecular weight excluding hydrogens is 234 g/mol. The van der Waals surface area contributed by atoms with Gasteiger partial charge in [0.1, 0.15) is 6.04 Å². The fourth-order valence-electron chi connectivity index (χ4n) is 2.55. The van der Waals surface area contributed by atoms with Gasteiger partial charge in [0.2, 0.25) is 0 Å². The number of nitrogens with one attached hydrogen (secondary N) is 1. The highest BCUT2D eigenvalue weighted by atomic mass is 32.2. The summed E-state index contributed by atoms with van der Waals surface area (Å²) in [6.07, 6.45) is 8.47. The van der Waals surface area contributed by atoms with Crippen LogP contribution in [0.15, 0.2) is 0 Å². The van der Waals surface area contributed by atoms with Crippen LogP contribution in [0, 0.1) is 5.92 Å². The van der Waals surface area contributed by atoms with E-state index in [1.165, 1.54) is 32.1 Å². The van der Waals surface area contributed by atoms with Gasteiger partial charge in [-0.15, -0.1) is 0 Å². The summed E-state index contributed by atoms with van der Waals surface area (Å²) in [6.45, 7) is 4.74. The monoisotopic (exact) mass is 259 g/mol. The number of thioether (sulfide) groups is 1. The molecule has 0 saturated heterocycles. The number of carbonyl (C=O) groups is 1. The van der Waals surface area contributed by atoms with E-state index in [9.17, 15) is 4.79 Å². The van der Waals surface area contributed by atoms with Gasteiger partial charge in [-0.3, -0.25) is 4.79 Å². The Balaban J connectivity index is 2.53. The molecule has 0 aliphatic heterocycles. The van der Waals surface area contributed by atoms with Crippen LogP contribution in [0.4, 0.5) is 0 Å². The summed E-state index contributed by atoms with van der Waals surface area (Å²) >= 11 is 1.90. The van der Waals surface area contributed by atoms with Gasteiger partial charge >= 0.3 is 5.97 Å². The third-order valence-electron chi connectivity index (χ3n) is 3.77. The van der Waals surface area contributed by atoms with Crippen LogP contribution in [0.25, 0.3) is 0 Å². The molecule has 1 unspecified atom stereocenters. The SMILES string of the molecule is CSC1(CNC(C(=O)O)C(C)C)CCCCC1. The van der Waals surface area contributed by atoms with Gasteiger partial charge in [0.05, 0.1) is 0 Å². The summed E-state index contributed by atoms with van der Waals surface area (Å²) in [7, 11) is 0. The van der Waals surface area contributed by atoms with Crippen LogP contribution in [-0.4, -0.2) is 34.7 Å². The lowest BCUT2D eigenvalue weighted by molar-refractivity contribution is -0.140. The van der Waals surface area contributed by atoms with Gasteiger partial charge in [0.15, 0.2) is 0 Å². The van der Waals surface area contributed by atoms with E-state index >= 15 is 0 Å².